The van der Waals surface area contributed by atoms with Crippen LogP contribution in [0.3, 0.4) is 0 Å². The predicted molar refractivity (Wildman–Crippen MR) is 61.3 cm³/mol. The van der Waals surface area contributed by atoms with Crippen molar-refractivity contribution in [3.8, 4) is 0 Å². The molecule has 0 aromatic carbocycles. The standard InChI is InChI=1S/C9H19NO.H2O4S.H2O/c1-8(2)5-7(11)6-9(3,4)10-8;1-5(2,3)4;/h7,10-11H,5-6H2,1-4H3;(H2,1,2,3,4);1H2. The normalized spacial score (nSPS) is 23.0. The van der Waals surface area contributed by atoms with Crippen molar-refractivity contribution in [3.63, 3.8) is 0 Å². The van der Waals surface area contributed by atoms with E-state index in [1.165, 1.54) is 0 Å². The highest BCUT2D eigenvalue weighted by Gasteiger charge is 2.40. The van der Waals surface area contributed by atoms with Gasteiger partial charge in [-0.15, -0.1) is 0 Å². The molecule has 1 saturated heterocycles. The monoisotopic (exact) mass is 273 g/mol. The van der Waals surface area contributed by atoms with Crippen molar-refractivity contribution in [3.05, 3.63) is 0 Å². The molecule has 0 bridgehead atoms. The van der Waals surface area contributed by atoms with Gasteiger partial charge in [-0.1, -0.05) is 0 Å². The molecule has 17 heavy (non-hydrogen) atoms. The minimum atomic E-state index is -4.92. The van der Waals surface area contributed by atoms with Gasteiger partial charge < -0.3 is 20.5 Å². The Bertz CT molecular complexity index is 300. The molecule has 0 atom stereocenters. The molecule has 1 heterocycles. The molecule has 106 valence electrons. The second kappa shape index (κ2) is 6.07. The van der Waals surface area contributed by atoms with Gasteiger partial charge in [0, 0.05) is 12.8 Å². The van der Waals surface area contributed by atoms with Gasteiger partial charge >= 0.3 is 0 Å². The van der Waals surface area contributed by atoms with E-state index in [9.17, 15) is 5.11 Å². The number of aliphatic hydroxyl groups is 1. The third kappa shape index (κ3) is 12.0. The maximum atomic E-state index is 9.56. The van der Waals surface area contributed by atoms with Gasteiger partial charge in [0.2, 0.25) is 10.4 Å². The first-order chi connectivity index (χ1) is 6.81. The number of hydrogen-bond donors (Lipinski definition) is 3. The summed E-state index contributed by atoms with van der Waals surface area (Å²) in [5.74, 6) is 0. The second-order valence-corrected chi connectivity index (χ2v) is 6.47. The summed E-state index contributed by atoms with van der Waals surface area (Å²) in [6.45, 7) is 8.77. The van der Waals surface area contributed by atoms with E-state index in [4.69, 9.17) is 17.5 Å². The first-order valence-electron chi connectivity index (χ1n) is 5.04. The first kappa shape index (κ1) is 19.1. The average molecular weight is 273 g/mol. The lowest BCUT2D eigenvalue weighted by Gasteiger charge is -2.41. The molecule has 0 aromatic heterocycles. The van der Waals surface area contributed by atoms with E-state index in [0.29, 0.717) is 0 Å². The summed E-state index contributed by atoms with van der Waals surface area (Å²) in [6.07, 6.45) is 1.72. The fourth-order valence-corrected chi connectivity index (χ4v) is 2.46. The van der Waals surface area contributed by atoms with Gasteiger partial charge in [-0.05, 0) is 27.7 Å². The Balaban J connectivity index is 0. The molecule has 1 aliphatic rings. The lowest BCUT2D eigenvalue weighted by molar-refractivity contribution is -0.789. The van der Waals surface area contributed by atoms with Crippen molar-refractivity contribution in [1.29, 1.82) is 0 Å². The molecule has 6 N–H and O–H groups in total. The average Bonchev–Trinajstić information content (AvgIpc) is 1.69. The topological polar surface area (TPSA) is 146 Å². The molecule has 1 rings (SSSR count). The van der Waals surface area contributed by atoms with Crippen molar-refractivity contribution in [2.45, 2.75) is 57.7 Å². The van der Waals surface area contributed by atoms with Crippen molar-refractivity contribution in [2.75, 3.05) is 0 Å². The van der Waals surface area contributed by atoms with Gasteiger partial charge in [0.15, 0.2) is 0 Å². The first-order valence-corrected chi connectivity index (χ1v) is 6.41. The van der Waals surface area contributed by atoms with Crippen molar-refractivity contribution in [2.24, 2.45) is 0 Å². The Morgan fingerprint density at radius 3 is 1.59 bits per heavy atom. The minimum absolute atomic E-state index is 0. The smallest absolute Gasteiger partial charge is 0.215 e. The molecule has 8 heteroatoms. The summed E-state index contributed by atoms with van der Waals surface area (Å²) in [6, 6.07) is 0. The Morgan fingerprint density at radius 1 is 1.18 bits per heavy atom. The third-order valence-electron chi connectivity index (χ3n) is 2.30. The highest BCUT2D eigenvalue weighted by Crippen LogP contribution is 2.20. The van der Waals surface area contributed by atoms with Gasteiger partial charge in [-0.2, -0.15) is 0 Å². The van der Waals surface area contributed by atoms with Gasteiger partial charge in [0.05, 0.1) is 17.2 Å². The molecule has 0 aromatic rings. The molecule has 0 saturated carbocycles. The maximum Gasteiger partial charge on any atom is 0.215 e. The fourth-order valence-electron chi connectivity index (χ4n) is 2.46. The van der Waals surface area contributed by atoms with Crippen LogP contribution in [0.5, 0.6) is 0 Å². The summed E-state index contributed by atoms with van der Waals surface area (Å²) >= 11 is 0. The van der Waals surface area contributed by atoms with Crippen molar-refractivity contribution in [1.82, 2.24) is 0 Å². The molecular formula is C9H23NO6S. The molecule has 0 radical (unpaired) electrons. The zero-order chi connectivity index (χ0) is 13.2. The Hall–Kier alpha value is -0.250. The van der Waals surface area contributed by atoms with Crippen LogP contribution in [-0.2, 0) is 10.4 Å². The van der Waals surface area contributed by atoms with E-state index >= 15 is 0 Å². The zero-order valence-corrected chi connectivity index (χ0v) is 11.4. The zero-order valence-electron chi connectivity index (χ0n) is 10.6. The van der Waals surface area contributed by atoms with Gasteiger partial charge in [0.25, 0.3) is 0 Å². The van der Waals surface area contributed by atoms with E-state index in [1.807, 2.05) is 0 Å². The van der Waals surface area contributed by atoms with E-state index in [0.717, 1.165) is 12.8 Å². The van der Waals surface area contributed by atoms with Crippen LogP contribution in [-0.4, -0.2) is 45.3 Å². The van der Waals surface area contributed by atoms with Crippen LogP contribution in [0.1, 0.15) is 40.5 Å². The highest BCUT2D eigenvalue weighted by atomic mass is 32.3. The Labute approximate surface area is 102 Å². The molecule has 0 amide bonds. The van der Waals surface area contributed by atoms with Crippen LogP contribution in [0, 0.1) is 0 Å². The lowest BCUT2D eigenvalue weighted by Crippen LogP contribution is -3.05. The van der Waals surface area contributed by atoms with E-state index in [2.05, 4.69) is 33.0 Å². The van der Waals surface area contributed by atoms with Gasteiger partial charge in [0.1, 0.15) is 0 Å². The number of hydrogen-bond acceptors (Lipinski definition) is 4. The van der Waals surface area contributed by atoms with Crippen molar-refractivity contribution < 1.29 is 33.4 Å². The SMILES string of the molecule is CC1(C)CC(O)CC(C)(C)[NH2+]1.O.O=S(=O)([O-])O. The fraction of sp³-hybridized carbons (Fsp3) is 1.00. The summed E-state index contributed by atoms with van der Waals surface area (Å²) < 4.78 is 32.8. The summed E-state index contributed by atoms with van der Waals surface area (Å²) in [7, 11) is -4.92. The summed E-state index contributed by atoms with van der Waals surface area (Å²) in [5.41, 5.74) is 0.419. The number of nitrogens with two attached hydrogens (primary N) is 1. The quantitative estimate of drug-likeness (QED) is 0.361. The second-order valence-electron chi connectivity index (χ2n) is 5.61. The molecule has 0 aliphatic carbocycles. The Kier molecular flexibility index (Phi) is 6.82. The van der Waals surface area contributed by atoms with Crippen LogP contribution in [0.25, 0.3) is 0 Å². The molecule has 1 aliphatic heterocycles. The highest BCUT2D eigenvalue weighted by molar-refractivity contribution is 7.79. The number of rotatable bonds is 0. The van der Waals surface area contributed by atoms with Crippen LogP contribution >= 0.6 is 0 Å². The molecule has 7 nitrogen and oxygen atoms in total. The van der Waals surface area contributed by atoms with Crippen LogP contribution in [0.4, 0.5) is 0 Å². The van der Waals surface area contributed by atoms with E-state index in [1.54, 1.807) is 0 Å². The van der Waals surface area contributed by atoms with E-state index in [-0.39, 0.29) is 22.7 Å². The number of aliphatic hydroxyl groups excluding tert-OH is 1. The molecule has 1 fully saturated rings. The Morgan fingerprint density at radius 2 is 1.41 bits per heavy atom. The number of quaternary nitrogens is 1. The third-order valence-corrected chi connectivity index (χ3v) is 2.30. The van der Waals surface area contributed by atoms with Crippen molar-refractivity contribution >= 4 is 10.4 Å². The van der Waals surface area contributed by atoms with Crippen LogP contribution in [0.15, 0.2) is 0 Å². The van der Waals surface area contributed by atoms with Gasteiger partial charge in [-0.25, -0.2) is 8.42 Å². The summed E-state index contributed by atoms with van der Waals surface area (Å²) in [5, 5.41) is 11.9. The maximum absolute atomic E-state index is 9.56. The van der Waals surface area contributed by atoms with Crippen LogP contribution in [0.2, 0.25) is 0 Å². The molecule has 0 spiro atoms. The largest absolute Gasteiger partial charge is 0.726 e. The molecule has 0 unspecified atom stereocenters. The number of piperidine rings is 1. The van der Waals surface area contributed by atoms with Gasteiger partial charge in [-0.3, -0.25) is 4.55 Å². The lowest BCUT2D eigenvalue weighted by atomic mass is 9.81. The van der Waals surface area contributed by atoms with Crippen LogP contribution < -0.4 is 5.32 Å². The molecular weight excluding hydrogens is 250 g/mol. The van der Waals surface area contributed by atoms with E-state index < -0.39 is 10.4 Å². The minimum Gasteiger partial charge on any atom is -0.726 e. The summed E-state index contributed by atoms with van der Waals surface area (Å²) in [4.78, 5) is 0. The predicted octanol–water partition coefficient (Wildman–Crippen LogP) is -1.56.